The first-order chi connectivity index (χ1) is 7.75. The fraction of sp³-hybridized carbons (Fsp3) is 0.333. The van der Waals surface area contributed by atoms with Crippen LogP contribution in [0, 0.1) is 0 Å². The molecule has 0 atom stereocenters. The van der Waals surface area contributed by atoms with Gasteiger partial charge in [0, 0.05) is 25.4 Å². The van der Waals surface area contributed by atoms with Gasteiger partial charge in [0.2, 0.25) is 0 Å². The third kappa shape index (κ3) is 2.59. The number of aromatic nitrogens is 1. The number of nitrogens with zero attached hydrogens (tertiary/aromatic N) is 2. The molecule has 16 heavy (non-hydrogen) atoms. The van der Waals surface area contributed by atoms with Gasteiger partial charge in [-0.25, -0.2) is 4.79 Å². The molecule has 1 aromatic heterocycles. The number of rotatable bonds is 3. The minimum atomic E-state index is -0.938. The van der Waals surface area contributed by atoms with Crippen LogP contribution in [0.4, 0.5) is 5.69 Å². The highest BCUT2D eigenvalue weighted by Crippen LogP contribution is 2.20. The van der Waals surface area contributed by atoms with Crippen molar-refractivity contribution < 1.29 is 9.90 Å². The van der Waals surface area contributed by atoms with E-state index < -0.39 is 5.97 Å². The minimum absolute atomic E-state index is 0.826. The minimum Gasteiger partial charge on any atom is -0.478 e. The van der Waals surface area contributed by atoms with E-state index in [0.29, 0.717) is 0 Å². The van der Waals surface area contributed by atoms with Gasteiger partial charge in [0.25, 0.3) is 0 Å². The Morgan fingerprint density at radius 2 is 2.12 bits per heavy atom. The number of hydrogen-bond donors (Lipinski definition) is 1. The van der Waals surface area contributed by atoms with E-state index in [-0.39, 0.29) is 0 Å². The lowest BCUT2D eigenvalue weighted by atomic mass is 10.2. The zero-order valence-electron chi connectivity index (χ0n) is 8.97. The van der Waals surface area contributed by atoms with E-state index in [0.717, 1.165) is 30.4 Å². The Morgan fingerprint density at radius 3 is 2.81 bits per heavy atom. The zero-order valence-corrected chi connectivity index (χ0v) is 8.97. The van der Waals surface area contributed by atoms with E-state index in [1.165, 1.54) is 12.8 Å². The Morgan fingerprint density at radius 1 is 1.38 bits per heavy atom. The van der Waals surface area contributed by atoms with Crippen LogP contribution in [0.1, 0.15) is 18.4 Å². The standard InChI is InChI=1S/C12H14N2O2/c15-12(16)4-3-10-7-11(9-13-8-10)14-5-1-2-6-14/h3-4,7-9H,1-2,5-6H2,(H,15,16)/b4-3+. The maximum Gasteiger partial charge on any atom is 0.328 e. The van der Waals surface area contributed by atoms with Crippen LogP contribution in [0.25, 0.3) is 6.08 Å². The molecule has 0 radical (unpaired) electrons. The summed E-state index contributed by atoms with van der Waals surface area (Å²) < 4.78 is 0. The summed E-state index contributed by atoms with van der Waals surface area (Å²) in [6, 6.07) is 1.97. The van der Waals surface area contributed by atoms with Crippen LogP contribution < -0.4 is 4.90 Å². The predicted molar refractivity (Wildman–Crippen MR) is 62.4 cm³/mol. The summed E-state index contributed by atoms with van der Waals surface area (Å²) in [5, 5.41) is 8.54. The molecule has 1 aliphatic heterocycles. The number of carbonyl (C=O) groups is 1. The van der Waals surface area contributed by atoms with Crippen LogP contribution in [0.3, 0.4) is 0 Å². The summed E-state index contributed by atoms with van der Waals surface area (Å²) in [5.74, 6) is -0.938. The van der Waals surface area contributed by atoms with E-state index in [1.807, 2.05) is 12.3 Å². The molecule has 84 valence electrons. The van der Waals surface area contributed by atoms with Crippen molar-refractivity contribution in [1.82, 2.24) is 4.98 Å². The van der Waals surface area contributed by atoms with E-state index in [1.54, 1.807) is 12.3 Å². The third-order valence-corrected chi connectivity index (χ3v) is 2.63. The molecule has 1 aromatic rings. The van der Waals surface area contributed by atoms with Crippen molar-refractivity contribution in [3.8, 4) is 0 Å². The van der Waals surface area contributed by atoms with Crippen LogP contribution >= 0.6 is 0 Å². The van der Waals surface area contributed by atoms with Crippen molar-refractivity contribution in [1.29, 1.82) is 0 Å². The normalized spacial score (nSPS) is 15.9. The number of hydrogen-bond acceptors (Lipinski definition) is 3. The van der Waals surface area contributed by atoms with E-state index in [4.69, 9.17) is 5.11 Å². The molecule has 0 unspecified atom stereocenters. The molecule has 1 saturated heterocycles. The Hall–Kier alpha value is -1.84. The molecule has 1 aliphatic rings. The monoisotopic (exact) mass is 218 g/mol. The number of carboxylic acids is 1. The number of pyridine rings is 1. The predicted octanol–water partition coefficient (Wildman–Crippen LogP) is 1.78. The molecular formula is C12H14N2O2. The number of anilines is 1. The molecule has 4 nitrogen and oxygen atoms in total. The molecular weight excluding hydrogens is 204 g/mol. The van der Waals surface area contributed by atoms with Crippen LogP contribution in [0.2, 0.25) is 0 Å². The van der Waals surface area contributed by atoms with Gasteiger partial charge in [-0.15, -0.1) is 0 Å². The van der Waals surface area contributed by atoms with Gasteiger partial charge in [0.05, 0.1) is 11.9 Å². The molecule has 0 spiro atoms. The van der Waals surface area contributed by atoms with Gasteiger partial charge in [0.15, 0.2) is 0 Å². The Labute approximate surface area is 94.2 Å². The highest BCUT2D eigenvalue weighted by molar-refractivity contribution is 5.85. The van der Waals surface area contributed by atoms with Crippen molar-refractivity contribution in [2.24, 2.45) is 0 Å². The largest absolute Gasteiger partial charge is 0.478 e. The van der Waals surface area contributed by atoms with E-state index in [9.17, 15) is 4.79 Å². The van der Waals surface area contributed by atoms with Gasteiger partial charge in [-0.1, -0.05) is 0 Å². The molecule has 0 bridgehead atoms. The first-order valence-corrected chi connectivity index (χ1v) is 5.37. The summed E-state index contributed by atoms with van der Waals surface area (Å²) in [6.45, 7) is 2.13. The van der Waals surface area contributed by atoms with Crippen molar-refractivity contribution >= 4 is 17.7 Å². The van der Waals surface area contributed by atoms with Gasteiger partial charge >= 0.3 is 5.97 Å². The molecule has 2 rings (SSSR count). The third-order valence-electron chi connectivity index (χ3n) is 2.63. The molecule has 4 heteroatoms. The fourth-order valence-corrected chi connectivity index (χ4v) is 1.85. The molecule has 1 fully saturated rings. The van der Waals surface area contributed by atoms with Gasteiger partial charge in [0.1, 0.15) is 0 Å². The molecule has 0 aromatic carbocycles. The molecule has 1 N–H and O–H groups in total. The van der Waals surface area contributed by atoms with Gasteiger partial charge < -0.3 is 10.0 Å². The second-order valence-corrected chi connectivity index (χ2v) is 3.84. The molecule has 0 aliphatic carbocycles. The second kappa shape index (κ2) is 4.79. The summed E-state index contributed by atoms with van der Waals surface area (Å²) in [5.41, 5.74) is 1.90. The summed E-state index contributed by atoms with van der Waals surface area (Å²) in [4.78, 5) is 16.8. The fourth-order valence-electron chi connectivity index (χ4n) is 1.85. The lowest BCUT2D eigenvalue weighted by Gasteiger charge is -2.17. The summed E-state index contributed by atoms with van der Waals surface area (Å²) >= 11 is 0. The second-order valence-electron chi connectivity index (χ2n) is 3.84. The topological polar surface area (TPSA) is 53.4 Å². The highest BCUT2D eigenvalue weighted by Gasteiger charge is 2.12. The van der Waals surface area contributed by atoms with Crippen molar-refractivity contribution in [3.05, 3.63) is 30.1 Å². The average molecular weight is 218 g/mol. The SMILES string of the molecule is O=C(O)/C=C/c1cncc(N2CCCC2)c1. The Balaban J connectivity index is 2.15. The Bertz CT molecular complexity index is 409. The first kappa shape index (κ1) is 10.7. The molecule has 0 amide bonds. The first-order valence-electron chi connectivity index (χ1n) is 5.37. The lowest BCUT2D eigenvalue weighted by Crippen LogP contribution is -2.17. The lowest BCUT2D eigenvalue weighted by molar-refractivity contribution is -0.131. The Kier molecular flexibility index (Phi) is 3.19. The maximum atomic E-state index is 10.4. The van der Waals surface area contributed by atoms with E-state index in [2.05, 4.69) is 9.88 Å². The van der Waals surface area contributed by atoms with Crippen LogP contribution in [0.5, 0.6) is 0 Å². The summed E-state index contributed by atoms with van der Waals surface area (Å²) in [6.07, 6.45) is 8.62. The molecule has 0 saturated carbocycles. The van der Waals surface area contributed by atoms with E-state index >= 15 is 0 Å². The van der Waals surface area contributed by atoms with Crippen LogP contribution in [-0.2, 0) is 4.79 Å². The molecule has 2 heterocycles. The highest BCUT2D eigenvalue weighted by atomic mass is 16.4. The van der Waals surface area contributed by atoms with Crippen LogP contribution in [0.15, 0.2) is 24.5 Å². The quantitative estimate of drug-likeness (QED) is 0.786. The average Bonchev–Trinajstić information content (AvgIpc) is 2.80. The van der Waals surface area contributed by atoms with Crippen LogP contribution in [-0.4, -0.2) is 29.1 Å². The van der Waals surface area contributed by atoms with Crippen molar-refractivity contribution in [3.63, 3.8) is 0 Å². The van der Waals surface area contributed by atoms with Gasteiger partial charge in [-0.2, -0.15) is 0 Å². The number of carboxylic acid groups (broad SMARTS) is 1. The number of aliphatic carboxylic acids is 1. The van der Waals surface area contributed by atoms with Gasteiger partial charge in [-0.3, -0.25) is 4.98 Å². The van der Waals surface area contributed by atoms with Crippen molar-refractivity contribution in [2.75, 3.05) is 18.0 Å². The smallest absolute Gasteiger partial charge is 0.328 e. The van der Waals surface area contributed by atoms with Crippen molar-refractivity contribution in [2.45, 2.75) is 12.8 Å². The zero-order chi connectivity index (χ0) is 11.4. The maximum absolute atomic E-state index is 10.4. The summed E-state index contributed by atoms with van der Waals surface area (Å²) in [7, 11) is 0. The van der Waals surface area contributed by atoms with Gasteiger partial charge in [-0.05, 0) is 30.5 Å².